The molecule has 2 aromatic carbocycles. The lowest BCUT2D eigenvalue weighted by atomic mass is 10.3. The van der Waals surface area contributed by atoms with Crippen molar-refractivity contribution in [1.82, 2.24) is 14.8 Å². The molecule has 0 radical (unpaired) electrons. The number of nitrogens with one attached hydrogen (secondary N) is 2. The van der Waals surface area contributed by atoms with Crippen LogP contribution in [-0.2, 0) is 23.1 Å². The summed E-state index contributed by atoms with van der Waals surface area (Å²) >= 11 is 1.16. The van der Waals surface area contributed by atoms with E-state index in [0.29, 0.717) is 16.7 Å². The van der Waals surface area contributed by atoms with Crippen LogP contribution < -0.4 is 10.6 Å². The Morgan fingerprint density at radius 1 is 1.00 bits per heavy atom. The predicted molar refractivity (Wildman–Crippen MR) is 106 cm³/mol. The van der Waals surface area contributed by atoms with Gasteiger partial charge in [0.1, 0.15) is 11.6 Å². The number of aromatic nitrogens is 3. The molecule has 3 aromatic rings. The third kappa shape index (κ3) is 5.17. The third-order valence-electron chi connectivity index (χ3n) is 3.78. The molecular weight excluding hydrogens is 381 g/mol. The van der Waals surface area contributed by atoms with Crippen LogP contribution in [0.3, 0.4) is 0 Å². The van der Waals surface area contributed by atoms with Gasteiger partial charge in [-0.2, -0.15) is 0 Å². The zero-order chi connectivity index (χ0) is 19.9. The summed E-state index contributed by atoms with van der Waals surface area (Å²) in [6, 6.07) is 15.1. The number of carbonyl (C=O) groups excluding carboxylic acids is 2. The number of halogens is 1. The second-order valence-electron chi connectivity index (χ2n) is 5.87. The lowest BCUT2D eigenvalue weighted by Gasteiger charge is -2.07. The van der Waals surface area contributed by atoms with Gasteiger partial charge in [0.2, 0.25) is 11.8 Å². The first kappa shape index (κ1) is 19.6. The zero-order valence-electron chi connectivity index (χ0n) is 15.1. The van der Waals surface area contributed by atoms with Crippen LogP contribution in [0.15, 0.2) is 59.8 Å². The first-order valence-corrected chi connectivity index (χ1v) is 9.42. The minimum Gasteiger partial charge on any atom is -0.326 e. The molecule has 2 amide bonds. The fourth-order valence-electron chi connectivity index (χ4n) is 2.37. The Bertz CT molecular complexity index is 977. The van der Waals surface area contributed by atoms with Crippen molar-refractivity contribution in [1.29, 1.82) is 0 Å². The van der Waals surface area contributed by atoms with Crippen LogP contribution in [0, 0.1) is 5.82 Å². The highest BCUT2D eigenvalue weighted by Crippen LogP contribution is 2.18. The fourth-order valence-corrected chi connectivity index (χ4v) is 3.10. The van der Waals surface area contributed by atoms with E-state index in [2.05, 4.69) is 20.8 Å². The first-order valence-electron chi connectivity index (χ1n) is 8.43. The van der Waals surface area contributed by atoms with Gasteiger partial charge in [-0.15, -0.1) is 10.2 Å². The van der Waals surface area contributed by atoms with Crippen LogP contribution in [0.25, 0.3) is 0 Å². The highest BCUT2D eigenvalue weighted by atomic mass is 32.2. The van der Waals surface area contributed by atoms with E-state index in [9.17, 15) is 14.0 Å². The molecule has 0 saturated heterocycles. The lowest BCUT2D eigenvalue weighted by Crippen LogP contribution is -2.17. The summed E-state index contributed by atoms with van der Waals surface area (Å²) < 4.78 is 15.2. The number of rotatable bonds is 7. The van der Waals surface area contributed by atoms with Gasteiger partial charge in [0.25, 0.3) is 0 Å². The highest BCUT2D eigenvalue weighted by Gasteiger charge is 2.15. The van der Waals surface area contributed by atoms with Gasteiger partial charge < -0.3 is 15.2 Å². The fraction of sp³-hybridized carbons (Fsp3) is 0.158. The monoisotopic (exact) mass is 399 g/mol. The summed E-state index contributed by atoms with van der Waals surface area (Å²) in [6.45, 7) is 0. The number of thioether (sulfide) groups is 1. The van der Waals surface area contributed by atoms with Gasteiger partial charge in [0.15, 0.2) is 5.16 Å². The maximum atomic E-state index is 13.6. The van der Waals surface area contributed by atoms with Crippen molar-refractivity contribution in [2.45, 2.75) is 11.6 Å². The molecule has 0 aliphatic carbocycles. The molecule has 0 spiro atoms. The Balaban J connectivity index is 1.53. The molecule has 3 rings (SSSR count). The topological polar surface area (TPSA) is 88.9 Å². The summed E-state index contributed by atoms with van der Waals surface area (Å²) in [5.74, 6) is -0.551. The summed E-state index contributed by atoms with van der Waals surface area (Å²) in [7, 11) is 1.72. The van der Waals surface area contributed by atoms with Gasteiger partial charge in [-0.1, -0.05) is 42.1 Å². The number of amides is 2. The first-order chi connectivity index (χ1) is 13.5. The zero-order valence-corrected chi connectivity index (χ0v) is 15.9. The Kier molecular flexibility index (Phi) is 6.38. The largest absolute Gasteiger partial charge is 0.326 e. The van der Waals surface area contributed by atoms with Gasteiger partial charge in [-0.05, 0) is 24.3 Å². The molecule has 1 heterocycles. The molecule has 0 aliphatic rings. The van der Waals surface area contributed by atoms with Crippen molar-refractivity contribution in [3.8, 4) is 0 Å². The molecule has 0 bridgehead atoms. The number of nitrogens with zero attached hydrogens (tertiary/aromatic N) is 3. The molecule has 1 aromatic heterocycles. The number of carbonyl (C=O) groups is 2. The molecule has 0 saturated carbocycles. The molecule has 7 nitrogen and oxygen atoms in total. The molecule has 0 fully saturated rings. The lowest BCUT2D eigenvalue weighted by molar-refractivity contribution is -0.116. The number of hydrogen-bond donors (Lipinski definition) is 2. The van der Waals surface area contributed by atoms with Crippen molar-refractivity contribution in [2.24, 2.45) is 7.05 Å². The Labute approximate surface area is 165 Å². The summed E-state index contributed by atoms with van der Waals surface area (Å²) in [6.07, 6.45) is 0.0559. The van der Waals surface area contributed by atoms with Crippen LogP contribution >= 0.6 is 11.8 Å². The van der Waals surface area contributed by atoms with Gasteiger partial charge >= 0.3 is 0 Å². The van der Waals surface area contributed by atoms with Gasteiger partial charge in [0, 0.05) is 12.7 Å². The maximum absolute atomic E-state index is 13.6. The van der Waals surface area contributed by atoms with Crippen molar-refractivity contribution in [2.75, 3.05) is 16.4 Å². The van der Waals surface area contributed by atoms with E-state index in [-0.39, 0.29) is 29.7 Å². The van der Waals surface area contributed by atoms with E-state index in [4.69, 9.17) is 0 Å². The van der Waals surface area contributed by atoms with Gasteiger partial charge in [-0.25, -0.2) is 4.39 Å². The minimum absolute atomic E-state index is 0.0382. The Hall–Kier alpha value is -3.20. The van der Waals surface area contributed by atoms with Crippen molar-refractivity contribution >= 4 is 35.0 Å². The van der Waals surface area contributed by atoms with E-state index in [1.54, 1.807) is 35.9 Å². The summed E-state index contributed by atoms with van der Waals surface area (Å²) in [5, 5.41) is 13.8. The smallest absolute Gasteiger partial charge is 0.234 e. The second kappa shape index (κ2) is 9.14. The SMILES string of the molecule is Cn1c(CC(=O)Nc2ccccc2)nnc1SCC(=O)Nc1ccccc1F. The Morgan fingerprint density at radius 2 is 1.71 bits per heavy atom. The quantitative estimate of drug-likeness (QED) is 0.597. The van der Waals surface area contributed by atoms with Crippen LogP contribution in [-0.4, -0.2) is 32.3 Å². The Morgan fingerprint density at radius 3 is 2.46 bits per heavy atom. The van der Waals surface area contributed by atoms with Crippen molar-refractivity contribution in [3.05, 3.63) is 66.2 Å². The van der Waals surface area contributed by atoms with E-state index in [0.717, 1.165) is 11.8 Å². The minimum atomic E-state index is -0.494. The molecule has 144 valence electrons. The van der Waals surface area contributed by atoms with Gasteiger partial charge in [0.05, 0.1) is 17.9 Å². The van der Waals surface area contributed by atoms with E-state index in [1.807, 2.05) is 18.2 Å². The van der Waals surface area contributed by atoms with Crippen molar-refractivity contribution < 1.29 is 14.0 Å². The van der Waals surface area contributed by atoms with E-state index in [1.165, 1.54) is 12.1 Å². The van der Waals surface area contributed by atoms with Crippen LogP contribution in [0.5, 0.6) is 0 Å². The maximum Gasteiger partial charge on any atom is 0.234 e. The molecule has 0 aliphatic heterocycles. The number of para-hydroxylation sites is 2. The normalized spacial score (nSPS) is 10.5. The molecule has 9 heteroatoms. The number of hydrogen-bond acceptors (Lipinski definition) is 5. The summed E-state index contributed by atoms with van der Waals surface area (Å²) in [5.41, 5.74) is 0.832. The van der Waals surface area contributed by atoms with Crippen molar-refractivity contribution in [3.63, 3.8) is 0 Å². The predicted octanol–water partition coefficient (Wildman–Crippen LogP) is 2.87. The summed E-state index contributed by atoms with van der Waals surface area (Å²) in [4.78, 5) is 24.2. The van der Waals surface area contributed by atoms with Crippen LogP contribution in [0.1, 0.15) is 5.82 Å². The number of anilines is 2. The van der Waals surface area contributed by atoms with E-state index >= 15 is 0 Å². The third-order valence-corrected chi connectivity index (χ3v) is 4.80. The molecule has 28 heavy (non-hydrogen) atoms. The standard InChI is InChI=1S/C19H18FN5O2S/c1-25-16(11-17(26)21-13-7-3-2-4-8-13)23-24-19(25)28-12-18(27)22-15-10-6-5-9-14(15)20/h2-10H,11-12H2,1H3,(H,21,26)(H,22,27). The molecule has 0 atom stereocenters. The molecular formula is C19H18FN5O2S. The average Bonchev–Trinajstić information content (AvgIpc) is 3.02. The second-order valence-corrected chi connectivity index (χ2v) is 6.81. The highest BCUT2D eigenvalue weighted by molar-refractivity contribution is 7.99. The number of benzene rings is 2. The average molecular weight is 399 g/mol. The van der Waals surface area contributed by atoms with Gasteiger partial charge in [-0.3, -0.25) is 9.59 Å². The van der Waals surface area contributed by atoms with E-state index < -0.39 is 5.82 Å². The molecule has 0 unspecified atom stereocenters. The van der Waals surface area contributed by atoms with Crippen LogP contribution in [0.4, 0.5) is 15.8 Å². The van der Waals surface area contributed by atoms with Crippen LogP contribution in [0.2, 0.25) is 0 Å². The molecule has 2 N–H and O–H groups in total.